The molecule has 1 saturated heterocycles. The van der Waals surface area contributed by atoms with Crippen LogP contribution in [0.1, 0.15) is 55.3 Å². The minimum atomic E-state index is -0.0761. The van der Waals surface area contributed by atoms with Crippen LogP contribution in [0, 0.1) is 5.41 Å². The van der Waals surface area contributed by atoms with Gasteiger partial charge in [-0.3, -0.25) is 9.59 Å². The highest BCUT2D eigenvalue weighted by Gasteiger charge is 2.36. The Balaban J connectivity index is 1.41. The monoisotopic (exact) mass is 424 g/mol. The largest absolute Gasteiger partial charge is 0.493 e. The van der Waals surface area contributed by atoms with Gasteiger partial charge < -0.3 is 19.5 Å². The van der Waals surface area contributed by atoms with Crippen LogP contribution in [0.4, 0.5) is 0 Å². The Kier molecular flexibility index (Phi) is 6.89. The molecule has 4 rings (SSSR count). The third-order valence-electron chi connectivity index (χ3n) is 6.67. The van der Waals surface area contributed by atoms with E-state index in [1.807, 2.05) is 39.9 Å². The fourth-order valence-corrected chi connectivity index (χ4v) is 4.66. The van der Waals surface area contributed by atoms with Gasteiger partial charge in [-0.1, -0.05) is 31.4 Å². The SMILES string of the molecule is O=C1NCC2(CCCCCCOc3ccccc31)CCN(C(=O)Cn1ccnc1)CC2. The van der Waals surface area contributed by atoms with Gasteiger partial charge in [-0.05, 0) is 43.2 Å². The molecule has 2 aromatic rings. The number of nitrogens with one attached hydrogen (secondary N) is 1. The van der Waals surface area contributed by atoms with E-state index in [-0.39, 0.29) is 17.2 Å². The summed E-state index contributed by atoms with van der Waals surface area (Å²) in [4.78, 5) is 31.6. The molecule has 2 aliphatic heterocycles. The Bertz CT molecular complexity index is 873. The standard InChI is InChI=1S/C24H32N4O3/c29-22(17-27-15-12-25-19-27)28-13-10-24(11-14-28)9-5-1-2-6-16-31-21-8-4-3-7-20(21)23(30)26-18-24/h3-4,7-8,12,15,19H,1-2,5-6,9-11,13-14,16-18H2,(H,26,30). The van der Waals surface area contributed by atoms with Crippen LogP contribution in [0.5, 0.6) is 5.75 Å². The summed E-state index contributed by atoms with van der Waals surface area (Å²) in [6, 6.07) is 7.48. The zero-order valence-corrected chi connectivity index (χ0v) is 18.1. The highest BCUT2D eigenvalue weighted by atomic mass is 16.5. The fourth-order valence-electron chi connectivity index (χ4n) is 4.66. The van der Waals surface area contributed by atoms with Gasteiger partial charge in [0, 0.05) is 32.0 Å². The lowest BCUT2D eigenvalue weighted by atomic mass is 9.74. The van der Waals surface area contributed by atoms with Crippen LogP contribution in [0.2, 0.25) is 0 Å². The maximum absolute atomic E-state index is 12.9. The first kappa shape index (κ1) is 21.4. The number of amides is 2. The van der Waals surface area contributed by atoms with E-state index < -0.39 is 0 Å². The normalized spacial score (nSPS) is 19.9. The summed E-state index contributed by atoms with van der Waals surface area (Å²) in [6.07, 6.45) is 12.6. The summed E-state index contributed by atoms with van der Waals surface area (Å²) >= 11 is 0. The minimum absolute atomic E-state index is 0.0469. The van der Waals surface area contributed by atoms with E-state index in [9.17, 15) is 9.59 Å². The molecule has 0 saturated carbocycles. The molecule has 1 fully saturated rings. The maximum atomic E-state index is 12.9. The number of carbonyl (C=O) groups is 2. The van der Waals surface area contributed by atoms with E-state index in [0.717, 1.165) is 51.6 Å². The van der Waals surface area contributed by atoms with Crippen LogP contribution in [0.3, 0.4) is 0 Å². The van der Waals surface area contributed by atoms with Crippen molar-refractivity contribution in [2.45, 2.75) is 51.5 Å². The van der Waals surface area contributed by atoms with Crippen molar-refractivity contribution in [2.75, 3.05) is 26.2 Å². The van der Waals surface area contributed by atoms with E-state index in [0.29, 0.717) is 31.0 Å². The van der Waals surface area contributed by atoms with Crippen molar-refractivity contribution >= 4 is 11.8 Å². The maximum Gasteiger partial charge on any atom is 0.255 e. The molecular formula is C24H32N4O3. The van der Waals surface area contributed by atoms with Gasteiger partial charge >= 0.3 is 0 Å². The Hall–Kier alpha value is -2.83. The molecule has 166 valence electrons. The number of aromatic nitrogens is 2. The zero-order valence-electron chi connectivity index (χ0n) is 18.1. The molecule has 0 bridgehead atoms. The molecule has 1 spiro atoms. The van der Waals surface area contributed by atoms with Gasteiger partial charge in [0.15, 0.2) is 0 Å². The van der Waals surface area contributed by atoms with Crippen molar-refractivity contribution in [1.29, 1.82) is 0 Å². The Labute approximate surface area is 183 Å². The predicted molar refractivity (Wildman–Crippen MR) is 118 cm³/mol. The number of rotatable bonds is 2. The van der Waals surface area contributed by atoms with Crippen LogP contribution >= 0.6 is 0 Å². The number of imidazole rings is 1. The molecule has 0 atom stereocenters. The Morgan fingerprint density at radius 1 is 1.10 bits per heavy atom. The van der Waals surface area contributed by atoms with Gasteiger partial charge in [-0.2, -0.15) is 0 Å². The number of ether oxygens (including phenoxy) is 1. The van der Waals surface area contributed by atoms with Crippen molar-refractivity contribution in [3.63, 3.8) is 0 Å². The second-order valence-electron chi connectivity index (χ2n) is 8.81. The number of hydrogen-bond donors (Lipinski definition) is 1. The van der Waals surface area contributed by atoms with E-state index in [1.165, 1.54) is 6.42 Å². The van der Waals surface area contributed by atoms with Crippen LogP contribution < -0.4 is 10.1 Å². The lowest BCUT2D eigenvalue weighted by molar-refractivity contribution is -0.134. The number of nitrogens with zero attached hydrogens (tertiary/aromatic N) is 3. The summed E-state index contributed by atoms with van der Waals surface area (Å²) in [5, 5.41) is 3.18. The summed E-state index contributed by atoms with van der Waals surface area (Å²) in [7, 11) is 0. The zero-order chi connectivity index (χ0) is 21.5. The number of benzene rings is 1. The molecule has 1 aromatic heterocycles. The molecule has 0 unspecified atom stereocenters. The van der Waals surface area contributed by atoms with Crippen molar-refractivity contribution in [2.24, 2.45) is 5.41 Å². The Morgan fingerprint density at radius 3 is 2.71 bits per heavy atom. The molecule has 7 nitrogen and oxygen atoms in total. The second kappa shape index (κ2) is 9.98. The number of piperidine rings is 1. The molecule has 1 N–H and O–H groups in total. The van der Waals surface area contributed by atoms with E-state index in [2.05, 4.69) is 10.3 Å². The van der Waals surface area contributed by atoms with Crippen LogP contribution in [-0.2, 0) is 11.3 Å². The summed E-state index contributed by atoms with van der Waals surface area (Å²) in [5.41, 5.74) is 0.649. The van der Waals surface area contributed by atoms with Crippen molar-refractivity contribution in [3.8, 4) is 5.75 Å². The van der Waals surface area contributed by atoms with Crippen LogP contribution in [0.15, 0.2) is 43.0 Å². The van der Waals surface area contributed by atoms with E-state index in [4.69, 9.17) is 4.74 Å². The number of likely N-dealkylation sites (tertiary alicyclic amines) is 1. The first-order valence-corrected chi connectivity index (χ1v) is 11.4. The average molecular weight is 425 g/mol. The van der Waals surface area contributed by atoms with Crippen molar-refractivity contribution in [1.82, 2.24) is 19.8 Å². The lowest BCUT2D eigenvalue weighted by Gasteiger charge is -2.42. The van der Waals surface area contributed by atoms with Crippen LogP contribution in [0.25, 0.3) is 0 Å². The molecule has 0 aliphatic carbocycles. The third-order valence-corrected chi connectivity index (χ3v) is 6.67. The first-order chi connectivity index (χ1) is 15.2. The van der Waals surface area contributed by atoms with Crippen molar-refractivity contribution < 1.29 is 14.3 Å². The van der Waals surface area contributed by atoms with Gasteiger partial charge in [0.2, 0.25) is 5.91 Å². The number of para-hydroxylation sites is 1. The van der Waals surface area contributed by atoms with Crippen molar-refractivity contribution in [3.05, 3.63) is 48.5 Å². The number of fused-ring (bicyclic) bond motifs is 1. The van der Waals surface area contributed by atoms with Crippen LogP contribution in [-0.4, -0.2) is 52.5 Å². The molecule has 2 amide bonds. The summed E-state index contributed by atoms with van der Waals surface area (Å²) < 4.78 is 7.69. The molecule has 31 heavy (non-hydrogen) atoms. The fraction of sp³-hybridized carbons (Fsp3) is 0.542. The summed E-state index contributed by atoms with van der Waals surface area (Å²) in [5.74, 6) is 0.716. The lowest BCUT2D eigenvalue weighted by Crippen LogP contribution is -2.48. The molecular weight excluding hydrogens is 392 g/mol. The topological polar surface area (TPSA) is 76.5 Å². The van der Waals surface area contributed by atoms with E-state index >= 15 is 0 Å². The smallest absolute Gasteiger partial charge is 0.255 e. The highest BCUT2D eigenvalue weighted by Crippen LogP contribution is 2.37. The molecule has 1 aromatic carbocycles. The Morgan fingerprint density at radius 2 is 1.90 bits per heavy atom. The minimum Gasteiger partial charge on any atom is -0.493 e. The second-order valence-corrected chi connectivity index (χ2v) is 8.81. The molecule has 0 radical (unpaired) electrons. The average Bonchev–Trinajstić information content (AvgIpc) is 3.30. The third kappa shape index (κ3) is 5.46. The molecule has 3 heterocycles. The van der Waals surface area contributed by atoms with Gasteiger partial charge in [-0.25, -0.2) is 4.98 Å². The molecule has 2 aliphatic rings. The van der Waals surface area contributed by atoms with E-state index in [1.54, 1.807) is 12.5 Å². The van der Waals surface area contributed by atoms with Gasteiger partial charge in [-0.15, -0.1) is 0 Å². The number of hydrogen-bond acceptors (Lipinski definition) is 4. The van der Waals surface area contributed by atoms with Gasteiger partial charge in [0.25, 0.3) is 5.91 Å². The number of carbonyl (C=O) groups excluding carboxylic acids is 2. The molecule has 7 heteroatoms. The van der Waals surface area contributed by atoms with Gasteiger partial charge in [0.05, 0.1) is 18.5 Å². The summed E-state index contributed by atoms with van der Waals surface area (Å²) in [6.45, 7) is 3.10. The van der Waals surface area contributed by atoms with Gasteiger partial charge in [0.1, 0.15) is 12.3 Å². The quantitative estimate of drug-likeness (QED) is 0.803. The predicted octanol–water partition coefficient (Wildman–Crippen LogP) is 3.26. The highest BCUT2D eigenvalue weighted by molar-refractivity contribution is 5.96. The first-order valence-electron chi connectivity index (χ1n) is 11.4.